The van der Waals surface area contributed by atoms with Gasteiger partial charge in [-0.15, -0.1) is 0 Å². The molecule has 5 heteroatoms. The minimum atomic E-state index is -1.05. The van der Waals surface area contributed by atoms with Gasteiger partial charge in [0.2, 0.25) is 0 Å². The Kier molecular flexibility index (Phi) is 4.44. The number of rotatable bonds is 5. The first-order chi connectivity index (χ1) is 7.59. The summed E-state index contributed by atoms with van der Waals surface area (Å²) >= 11 is 0. The van der Waals surface area contributed by atoms with Gasteiger partial charge >= 0.3 is 5.97 Å². The zero-order valence-corrected chi connectivity index (χ0v) is 8.90. The largest absolute Gasteiger partial charge is 0.477 e. The molecule has 0 aliphatic carbocycles. The van der Waals surface area contributed by atoms with E-state index in [9.17, 15) is 9.18 Å². The van der Waals surface area contributed by atoms with E-state index >= 15 is 0 Å². The normalized spacial score (nSPS) is 11.2. The summed E-state index contributed by atoms with van der Waals surface area (Å²) in [5.74, 6) is -1.31. The van der Waals surface area contributed by atoms with Crippen LogP contribution in [0, 0.1) is 5.82 Å². The molecule has 0 heterocycles. The molecule has 16 heavy (non-hydrogen) atoms. The molecule has 0 saturated heterocycles. The van der Waals surface area contributed by atoms with Crippen molar-refractivity contribution in [3.63, 3.8) is 0 Å². The Morgan fingerprint density at radius 2 is 2.06 bits per heavy atom. The molecule has 0 unspecified atom stereocenters. The fraction of sp³-hybridized carbons (Fsp3) is 0.273. The molecule has 1 aromatic rings. The second kappa shape index (κ2) is 5.85. The molecule has 86 valence electrons. The number of hydrogen-bond donors (Lipinski definition) is 2. The predicted molar refractivity (Wildman–Crippen MR) is 58.9 cm³/mol. The first-order valence-electron chi connectivity index (χ1n) is 4.84. The first kappa shape index (κ1) is 12.2. The maximum Gasteiger partial charge on any atom is 0.351 e. The number of benzene rings is 1. The molecule has 1 rings (SSSR count). The Morgan fingerprint density at radius 3 is 2.62 bits per heavy atom. The Hall–Kier alpha value is -1.91. The van der Waals surface area contributed by atoms with E-state index in [1.54, 1.807) is 12.1 Å². The van der Waals surface area contributed by atoms with Crippen LogP contribution in [-0.4, -0.2) is 23.3 Å². The van der Waals surface area contributed by atoms with Crippen molar-refractivity contribution in [2.45, 2.75) is 13.3 Å². The highest BCUT2D eigenvalue weighted by Crippen LogP contribution is 2.02. The number of carbonyl (C=O) groups is 1. The molecule has 2 N–H and O–H groups in total. The topological polar surface area (TPSA) is 61.7 Å². The molecular formula is C11H13FN2O2. The standard InChI is InChI=1S/C11H13FN2O2/c1-8(11(15)16)14-13-7-6-9-2-4-10(12)5-3-9/h2-5,13H,6-7H2,1H3,(H,15,16). The van der Waals surface area contributed by atoms with Gasteiger partial charge in [-0.1, -0.05) is 12.1 Å². The van der Waals surface area contributed by atoms with Crippen LogP contribution in [0.25, 0.3) is 0 Å². The summed E-state index contributed by atoms with van der Waals surface area (Å²) in [5, 5.41) is 12.2. The van der Waals surface area contributed by atoms with Crippen LogP contribution in [0.5, 0.6) is 0 Å². The van der Waals surface area contributed by atoms with Crippen LogP contribution in [0.1, 0.15) is 12.5 Å². The third kappa shape index (κ3) is 4.08. The fourth-order valence-electron chi connectivity index (χ4n) is 1.07. The van der Waals surface area contributed by atoms with Gasteiger partial charge in [-0.2, -0.15) is 5.10 Å². The number of carboxylic acids is 1. The van der Waals surface area contributed by atoms with Gasteiger partial charge in [0.1, 0.15) is 11.5 Å². The van der Waals surface area contributed by atoms with Crippen molar-refractivity contribution in [1.29, 1.82) is 0 Å². The van der Waals surface area contributed by atoms with Crippen molar-refractivity contribution in [3.8, 4) is 0 Å². The van der Waals surface area contributed by atoms with Crippen molar-refractivity contribution < 1.29 is 14.3 Å². The van der Waals surface area contributed by atoms with Gasteiger partial charge in [0.15, 0.2) is 0 Å². The van der Waals surface area contributed by atoms with E-state index < -0.39 is 5.97 Å². The van der Waals surface area contributed by atoms with Crippen LogP contribution in [0.3, 0.4) is 0 Å². The van der Waals surface area contributed by atoms with Crippen molar-refractivity contribution in [3.05, 3.63) is 35.6 Å². The molecule has 0 amide bonds. The summed E-state index contributed by atoms with van der Waals surface area (Å²) in [4.78, 5) is 10.4. The third-order valence-electron chi connectivity index (χ3n) is 2.00. The fourth-order valence-corrected chi connectivity index (χ4v) is 1.07. The lowest BCUT2D eigenvalue weighted by Gasteiger charge is -2.01. The quantitative estimate of drug-likeness (QED) is 0.451. The monoisotopic (exact) mass is 224 g/mol. The highest BCUT2D eigenvalue weighted by Gasteiger charge is 2.00. The first-order valence-corrected chi connectivity index (χ1v) is 4.84. The summed E-state index contributed by atoms with van der Waals surface area (Å²) in [5.41, 5.74) is 3.63. The van der Waals surface area contributed by atoms with Gasteiger partial charge in [0.25, 0.3) is 0 Å². The summed E-state index contributed by atoms with van der Waals surface area (Å²) in [6, 6.07) is 6.15. The molecule has 0 aromatic heterocycles. The lowest BCUT2D eigenvalue weighted by atomic mass is 10.1. The number of aliphatic carboxylic acids is 1. The molecule has 0 radical (unpaired) electrons. The van der Waals surface area contributed by atoms with Gasteiger partial charge < -0.3 is 10.5 Å². The van der Waals surface area contributed by atoms with Crippen LogP contribution in [-0.2, 0) is 11.2 Å². The second-order valence-electron chi connectivity index (χ2n) is 3.29. The van der Waals surface area contributed by atoms with E-state index in [-0.39, 0.29) is 11.5 Å². The van der Waals surface area contributed by atoms with Crippen LogP contribution >= 0.6 is 0 Å². The average molecular weight is 224 g/mol. The summed E-state index contributed by atoms with van der Waals surface area (Å²) in [6.45, 7) is 1.92. The number of halogens is 1. The smallest absolute Gasteiger partial charge is 0.351 e. The van der Waals surface area contributed by atoms with E-state index in [1.165, 1.54) is 19.1 Å². The Labute approximate surface area is 92.8 Å². The van der Waals surface area contributed by atoms with Crippen molar-refractivity contribution in [1.82, 2.24) is 5.43 Å². The average Bonchev–Trinajstić information content (AvgIpc) is 2.26. The summed E-state index contributed by atoms with van der Waals surface area (Å²) < 4.78 is 12.6. The minimum Gasteiger partial charge on any atom is -0.477 e. The van der Waals surface area contributed by atoms with Gasteiger partial charge in [0, 0.05) is 6.54 Å². The zero-order chi connectivity index (χ0) is 12.0. The van der Waals surface area contributed by atoms with Gasteiger partial charge in [0.05, 0.1) is 0 Å². The van der Waals surface area contributed by atoms with E-state index in [1.807, 2.05) is 0 Å². The second-order valence-corrected chi connectivity index (χ2v) is 3.29. The van der Waals surface area contributed by atoms with E-state index in [0.29, 0.717) is 13.0 Å². The molecule has 0 aliphatic heterocycles. The molecule has 1 aromatic carbocycles. The van der Waals surface area contributed by atoms with E-state index in [0.717, 1.165) is 5.56 Å². The van der Waals surface area contributed by atoms with Gasteiger partial charge in [-0.3, -0.25) is 0 Å². The van der Waals surface area contributed by atoms with Gasteiger partial charge in [-0.25, -0.2) is 9.18 Å². The van der Waals surface area contributed by atoms with Crippen molar-refractivity contribution in [2.24, 2.45) is 5.10 Å². The SMILES string of the molecule is CC(=NNCCc1ccc(F)cc1)C(=O)O. The number of carboxylic acid groups (broad SMARTS) is 1. The highest BCUT2D eigenvalue weighted by atomic mass is 19.1. The molecule has 0 atom stereocenters. The number of nitrogens with zero attached hydrogens (tertiary/aromatic N) is 1. The summed E-state index contributed by atoms with van der Waals surface area (Å²) in [6.07, 6.45) is 0.663. The maximum atomic E-state index is 12.6. The number of hydrazone groups is 1. The van der Waals surface area contributed by atoms with E-state index in [2.05, 4.69) is 10.5 Å². The maximum absolute atomic E-state index is 12.6. The third-order valence-corrected chi connectivity index (χ3v) is 2.00. The van der Waals surface area contributed by atoms with Crippen molar-refractivity contribution in [2.75, 3.05) is 6.54 Å². The van der Waals surface area contributed by atoms with E-state index in [4.69, 9.17) is 5.11 Å². The summed E-state index contributed by atoms with van der Waals surface area (Å²) in [7, 11) is 0. The highest BCUT2D eigenvalue weighted by molar-refractivity contribution is 6.34. The molecule has 0 bridgehead atoms. The molecule has 0 aliphatic rings. The van der Waals surface area contributed by atoms with Crippen molar-refractivity contribution >= 4 is 11.7 Å². The number of nitrogens with one attached hydrogen (secondary N) is 1. The van der Waals surface area contributed by atoms with Crippen LogP contribution in [0.15, 0.2) is 29.4 Å². The van der Waals surface area contributed by atoms with Crippen LogP contribution in [0.2, 0.25) is 0 Å². The lowest BCUT2D eigenvalue weighted by molar-refractivity contribution is -0.129. The molecular weight excluding hydrogens is 211 g/mol. The van der Waals surface area contributed by atoms with Gasteiger partial charge in [-0.05, 0) is 31.0 Å². The van der Waals surface area contributed by atoms with Crippen LogP contribution in [0.4, 0.5) is 4.39 Å². The predicted octanol–water partition coefficient (Wildman–Crippen LogP) is 1.42. The van der Waals surface area contributed by atoms with Crippen LogP contribution < -0.4 is 5.43 Å². The lowest BCUT2D eigenvalue weighted by Crippen LogP contribution is -2.17. The molecule has 0 fully saturated rings. The number of hydrogen-bond acceptors (Lipinski definition) is 3. The Bertz CT molecular complexity index is 387. The Morgan fingerprint density at radius 1 is 1.44 bits per heavy atom. The minimum absolute atomic E-state index is 0.0131. The molecule has 0 saturated carbocycles. The zero-order valence-electron chi connectivity index (χ0n) is 8.90. The molecule has 4 nitrogen and oxygen atoms in total. The molecule has 0 spiro atoms. The Balaban J connectivity index is 2.34.